The van der Waals surface area contributed by atoms with Crippen molar-refractivity contribution < 1.29 is 27.4 Å². The Morgan fingerprint density at radius 2 is 2.04 bits per heavy atom. The molecular weight excluding hydrogens is 328 g/mol. The number of benzene rings is 1. The van der Waals surface area contributed by atoms with E-state index in [0.717, 1.165) is 18.3 Å². The number of hydrogen-bond donors (Lipinski definition) is 1. The highest BCUT2D eigenvalue weighted by atomic mass is 19.4. The first-order chi connectivity index (χ1) is 11.3. The van der Waals surface area contributed by atoms with Crippen LogP contribution in [-0.4, -0.2) is 10.1 Å². The van der Waals surface area contributed by atoms with Crippen LogP contribution in [0.2, 0.25) is 0 Å². The zero-order chi connectivity index (χ0) is 17.5. The third-order valence-electron chi connectivity index (χ3n) is 3.69. The summed E-state index contributed by atoms with van der Waals surface area (Å²) in [6.45, 7) is 0. The first-order valence-corrected chi connectivity index (χ1v) is 6.95. The van der Waals surface area contributed by atoms with Gasteiger partial charge in [-0.3, -0.25) is 0 Å². The Morgan fingerprint density at radius 3 is 2.71 bits per heavy atom. The summed E-state index contributed by atoms with van der Waals surface area (Å²) >= 11 is 0. The van der Waals surface area contributed by atoms with Gasteiger partial charge < -0.3 is 9.84 Å². The van der Waals surface area contributed by atoms with Gasteiger partial charge in [-0.15, -0.1) is 0 Å². The monoisotopic (exact) mass is 338 g/mol. The molecule has 0 radical (unpaired) electrons. The lowest BCUT2D eigenvalue weighted by atomic mass is 10.1. The molecule has 0 fully saturated rings. The first kappa shape index (κ1) is 16.2. The Bertz CT molecular complexity index is 843. The summed E-state index contributed by atoms with van der Waals surface area (Å²) in [5.74, 6) is -0.735. The van der Waals surface area contributed by atoms with Crippen molar-refractivity contribution in [3.05, 3.63) is 52.6 Å². The van der Waals surface area contributed by atoms with Gasteiger partial charge in [0.05, 0.1) is 23.9 Å². The van der Waals surface area contributed by atoms with Crippen LogP contribution in [0.3, 0.4) is 0 Å². The van der Waals surface area contributed by atoms with Gasteiger partial charge in [0, 0.05) is 17.2 Å². The standard InChI is InChI=1S/C16H10F4N2O2/c17-9-3-8(6-21)4-10(5-9)24-13-7-22-15(16(18,19)20)14-11(13)1-2-12(14)23/h3-5,7,12,23H,1-2H2/t12-/m1/s1. The molecule has 1 aromatic carbocycles. The summed E-state index contributed by atoms with van der Waals surface area (Å²) in [6, 6.07) is 5.04. The molecule has 0 amide bonds. The molecule has 8 heteroatoms. The van der Waals surface area contributed by atoms with E-state index >= 15 is 0 Å². The average molecular weight is 338 g/mol. The van der Waals surface area contributed by atoms with Gasteiger partial charge in [-0.05, 0) is 25.0 Å². The number of aromatic nitrogens is 1. The minimum atomic E-state index is -4.69. The topological polar surface area (TPSA) is 66.1 Å². The van der Waals surface area contributed by atoms with E-state index in [1.54, 1.807) is 6.07 Å². The Kier molecular flexibility index (Phi) is 3.89. The molecule has 0 spiro atoms. The van der Waals surface area contributed by atoms with Crippen molar-refractivity contribution in [3.8, 4) is 17.6 Å². The van der Waals surface area contributed by atoms with Crippen molar-refractivity contribution in [2.24, 2.45) is 0 Å². The number of halogens is 4. The minimum absolute atomic E-state index is 0.00374. The number of ether oxygens (including phenoxy) is 1. The number of nitriles is 1. The van der Waals surface area contributed by atoms with Crippen LogP contribution < -0.4 is 4.74 Å². The Morgan fingerprint density at radius 1 is 1.29 bits per heavy atom. The lowest BCUT2D eigenvalue weighted by Crippen LogP contribution is -2.14. The zero-order valence-electron chi connectivity index (χ0n) is 12.1. The predicted molar refractivity (Wildman–Crippen MR) is 73.7 cm³/mol. The summed E-state index contributed by atoms with van der Waals surface area (Å²) in [4.78, 5) is 3.36. The zero-order valence-corrected chi connectivity index (χ0v) is 12.1. The molecule has 0 saturated heterocycles. The van der Waals surface area contributed by atoms with Crippen LogP contribution in [0.4, 0.5) is 17.6 Å². The number of fused-ring (bicyclic) bond motifs is 1. The lowest BCUT2D eigenvalue weighted by molar-refractivity contribution is -0.142. The van der Waals surface area contributed by atoms with Gasteiger partial charge in [0.1, 0.15) is 17.3 Å². The highest BCUT2D eigenvalue weighted by molar-refractivity contribution is 5.48. The van der Waals surface area contributed by atoms with E-state index < -0.39 is 23.8 Å². The summed E-state index contributed by atoms with van der Waals surface area (Å²) in [5.41, 5.74) is -1.25. The molecule has 2 aromatic rings. The molecule has 1 aliphatic carbocycles. The van der Waals surface area contributed by atoms with Crippen LogP contribution >= 0.6 is 0 Å². The predicted octanol–water partition coefficient (Wildman–Crippen LogP) is 3.88. The van der Waals surface area contributed by atoms with E-state index in [1.165, 1.54) is 6.07 Å². The summed E-state index contributed by atoms with van der Waals surface area (Å²) < 4.78 is 57.9. The van der Waals surface area contributed by atoms with Gasteiger partial charge in [0.2, 0.25) is 0 Å². The van der Waals surface area contributed by atoms with E-state index in [0.29, 0.717) is 0 Å². The lowest BCUT2D eigenvalue weighted by Gasteiger charge is -2.16. The van der Waals surface area contributed by atoms with Crippen LogP contribution in [0, 0.1) is 17.1 Å². The van der Waals surface area contributed by atoms with Gasteiger partial charge in [-0.2, -0.15) is 18.4 Å². The van der Waals surface area contributed by atoms with Crippen molar-refractivity contribution in [2.75, 3.05) is 0 Å². The molecule has 1 aliphatic rings. The molecular formula is C16H10F4N2O2. The normalized spacial score (nSPS) is 16.6. The van der Waals surface area contributed by atoms with Crippen molar-refractivity contribution >= 4 is 0 Å². The first-order valence-electron chi connectivity index (χ1n) is 6.95. The molecule has 1 atom stereocenters. The van der Waals surface area contributed by atoms with E-state index in [9.17, 15) is 22.7 Å². The number of rotatable bonds is 2. The number of aliphatic hydroxyl groups is 1. The second kappa shape index (κ2) is 5.76. The van der Waals surface area contributed by atoms with Crippen molar-refractivity contribution in [1.82, 2.24) is 4.98 Å². The Hall–Kier alpha value is -2.66. The van der Waals surface area contributed by atoms with Gasteiger partial charge in [0.25, 0.3) is 0 Å². The third kappa shape index (κ3) is 2.90. The molecule has 3 rings (SSSR count). The maximum Gasteiger partial charge on any atom is 0.433 e. The molecule has 0 aliphatic heterocycles. The van der Waals surface area contributed by atoms with E-state index in [4.69, 9.17) is 10.00 Å². The molecule has 0 bridgehead atoms. The summed E-state index contributed by atoms with van der Waals surface area (Å²) in [5, 5.41) is 18.7. The third-order valence-corrected chi connectivity index (χ3v) is 3.69. The Balaban J connectivity index is 2.05. The SMILES string of the molecule is N#Cc1cc(F)cc(Oc2cnc(C(F)(F)F)c3c2CC[C@H]3O)c1. The molecule has 0 saturated carbocycles. The van der Waals surface area contributed by atoms with Crippen LogP contribution in [-0.2, 0) is 12.6 Å². The van der Waals surface area contributed by atoms with Crippen LogP contribution in [0.1, 0.15) is 34.9 Å². The van der Waals surface area contributed by atoms with Crippen LogP contribution in [0.15, 0.2) is 24.4 Å². The van der Waals surface area contributed by atoms with E-state index in [1.807, 2.05) is 0 Å². The molecule has 124 valence electrons. The average Bonchev–Trinajstić information content (AvgIpc) is 2.88. The highest BCUT2D eigenvalue weighted by Crippen LogP contribution is 2.44. The number of alkyl halides is 3. The molecule has 0 unspecified atom stereocenters. The summed E-state index contributed by atoms with van der Waals surface area (Å²) in [6.07, 6.45) is -4.78. The Labute approximate surface area is 133 Å². The number of nitrogens with zero attached hydrogens (tertiary/aromatic N) is 2. The largest absolute Gasteiger partial charge is 0.455 e. The smallest absolute Gasteiger partial charge is 0.433 e. The fourth-order valence-electron chi connectivity index (χ4n) is 2.72. The summed E-state index contributed by atoms with van der Waals surface area (Å²) in [7, 11) is 0. The van der Waals surface area contributed by atoms with Gasteiger partial charge >= 0.3 is 6.18 Å². The number of pyridine rings is 1. The van der Waals surface area contributed by atoms with Crippen molar-refractivity contribution in [1.29, 1.82) is 5.26 Å². The molecule has 1 aromatic heterocycles. The quantitative estimate of drug-likeness (QED) is 0.844. The molecule has 24 heavy (non-hydrogen) atoms. The van der Waals surface area contributed by atoms with Crippen molar-refractivity contribution in [3.63, 3.8) is 0 Å². The van der Waals surface area contributed by atoms with Crippen LogP contribution in [0.25, 0.3) is 0 Å². The molecule has 1 N–H and O–H groups in total. The maximum absolute atomic E-state index is 13.4. The fraction of sp³-hybridized carbons (Fsp3) is 0.250. The molecule has 4 nitrogen and oxygen atoms in total. The maximum atomic E-state index is 13.4. The number of hydrogen-bond acceptors (Lipinski definition) is 4. The highest BCUT2D eigenvalue weighted by Gasteiger charge is 2.41. The van der Waals surface area contributed by atoms with E-state index in [2.05, 4.69) is 4.98 Å². The minimum Gasteiger partial charge on any atom is -0.455 e. The van der Waals surface area contributed by atoms with Crippen LogP contribution in [0.5, 0.6) is 11.5 Å². The molecule has 1 heterocycles. The van der Waals surface area contributed by atoms with E-state index in [-0.39, 0.29) is 41.0 Å². The van der Waals surface area contributed by atoms with Crippen molar-refractivity contribution in [2.45, 2.75) is 25.1 Å². The fourth-order valence-corrected chi connectivity index (χ4v) is 2.72. The second-order valence-electron chi connectivity index (χ2n) is 5.30. The van der Waals surface area contributed by atoms with Gasteiger partial charge in [-0.1, -0.05) is 0 Å². The van der Waals surface area contributed by atoms with Gasteiger partial charge in [0.15, 0.2) is 5.69 Å². The second-order valence-corrected chi connectivity index (χ2v) is 5.30. The van der Waals surface area contributed by atoms with Gasteiger partial charge in [-0.25, -0.2) is 9.37 Å². The number of aliphatic hydroxyl groups excluding tert-OH is 1.